The fourth-order valence-electron chi connectivity index (χ4n) is 3.80. The number of fused-ring (bicyclic) bond motifs is 1. The van der Waals surface area contributed by atoms with Gasteiger partial charge in [0.1, 0.15) is 0 Å². The van der Waals surface area contributed by atoms with Crippen LogP contribution in [0.3, 0.4) is 0 Å². The molecule has 2 aliphatic heterocycles. The molecule has 1 fully saturated rings. The summed E-state index contributed by atoms with van der Waals surface area (Å²) < 4.78 is 0. The lowest BCUT2D eigenvalue weighted by Gasteiger charge is -2.31. The van der Waals surface area contributed by atoms with Gasteiger partial charge in [-0.1, -0.05) is 0 Å². The van der Waals surface area contributed by atoms with E-state index in [0.717, 1.165) is 17.3 Å². The number of terminal acetylenes is 1. The molecule has 1 aromatic carbocycles. The van der Waals surface area contributed by atoms with Crippen molar-refractivity contribution in [2.24, 2.45) is 16.1 Å². The molecule has 0 atom stereocenters. The summed E-state index contributed by atoms with van der Waals surface area (Å²) >= 11 is 0. The highest BCUT2D eigenvalue weighted by Crippen LogP contribution is 2.36. The van der Waals surface area contributed by atoms with Crippen LogP contribution in [0.2, 0.25) is 0 Å². The summed E-state index contributed by atoms with van der Waals surface area (Å²) in [7, 11) is 0. The minimum Gasteiger partial charge on any atom is -0.356 e. The van der Waals surface area contributed by atoms with Crippen LogP contribution in [0, 0.1) is 18.3 Å². The van der Waals surface area contributed by atoms with Gasteiger partial charge in [-0.3, -0.25) is 14.7 Å². The smallest absolute Gasteiger partial charge is 0.253 e. The molecule has 0 saturated carbocycles. The number of likely N-dealkylation sites (tertiary alicyclic amines) is 1. The molecule has 4 rings (SSSR count). The van der Waals surface area contributed by atoms with Crippen molar-refractivity contribution in [2.45, 2.75) is 37.8 Å². The van der Waals surface area contributed by atoms with Crippen molar-refractivity contribution >= 4 is 22.7 Å². The Morgan fingerprint density at radius 2 is 2.07 bits per heavy atom. The third-order valence-corrected chi connectivity index (χ3v) is 5.72. The van der Waals surface area contributed by atoms with Crippen LogP contribution in [0.4, 0.5) is 0 Å². The first kappa shape index (κ1) is 19.1. The number of H-pyrrole nitrogens is 1. The number of aromatic amines is 1. The molecule has 2 amide bonds. The summed E-state index contributed by atoms with van der Waals surface area (Å²) in [5, 5.41) is 18.9. The molecule has 8 heteroatoms. The average Bonchev–Trinajstić information content (AvgIpc) is 3.36. The van der Waals surface area contributed by atoms with Crippen molar-refractivity contribution in [2.75, 3.05) is 19.6 Å². The zero-order chi connectivity index (χ0) is 20.3. The van der Waals surface area contributed by atoms with Crippen molar-refractivity contribution in [3.63, 3.8) is 0 Å². The lowest BCUT2D eigenvalue weighted by atomic mass is 9.95. The van der Waals surface area contributed by atoms with Gasteiger partial charge in [-0.05, 0) is 31.0 Å². The SMILES string of the molecule is C#CCCC1(CCNC(=O)C2CCN(C(=O)c3ccc4[nH]ncc4c3)CC2)N=N1. The number of nitrogens with one attached hydrogen (secondary N) is 2. The maximum Gasteiger partial charge on any atom is 0.253 e. The zero-order valence-electron chi connectivity index (χ0n) is 16.2. The summed E-state index contributed by atoms with van der Waals surface area (Å²) in [6, 6.07) is 5.53. The number of carbonyl (C=O) groups is 2. The second-order valence-electron chi connectivity index (χ2n) is 7.67. The van der Waals surface area contributed by atoms with E-state index >= 15 is 0 Å². The van der Waals surface area contributed by atoms with E-state index in [2.05, 4.69) is 31.7 Å². The van der Waals surface area contributed by atoms with Crippen LogP contribution < -0.4 is 5.32 Å². The molecule has 2 N–H and O–H groups in total. The fourth-order valence-corrected chi connectivity index (χ4v) is 3.80. The van der Waals surface area contributed by atoms with Crippen molar-refractivity contribution in [1.29, 1.82) is 0 Å². The van der Waals surface area contributed by atoms with Crippen LogP contribution in [0.15, 0.2) is 34.6 Å². The molecular formula is C21H24N6O2. The number of carbonyl (C=O) groups excluding carboxylic acids is 2. The Hall–Kier alpha value is -3.21. The number of amides is 2. The Balaban J connectivity index is 1.23. The maximum absolute atomic E-state index is 12.8. The van der Waals surface area contributed by atoms with Gasteiger partial charge in [-0.15, -0.1) is 12.3 Å². The number of benzene rings is 1. The van der Waals surface area contributed by atoms with Crippen molar-refractivity contribution < 1.29 is 9.59 Å². The van der Waals surface area contributed by atoms with E-state index in [1.807, 2.05) is 23.1 Å². The van der Waals surface area contributed by atoms with Crippen LogP contribution in [-0.4, -0.2) is 52.2 Å². The van der Waals surface area contributed by atoms with Gasteiger partial charge in [-0.25, -0.2) is 0 Å². The lowest BCUT2D eigenvalue weighted by molar-refractivity contribution is -0.126. The minimum absolute atomic E-state index is 0.000584. The van der Waals surface area contributed by atoms with E-state index in [1.165, 1.54) is 0 Å². The van der Waals surface area contributed by atoms with Gasteiger partial charge in [0.2, 0.25) is 5.91 Å². The summed E-state index contributed by atoms with van der Waals surface area (Å²) in [5.74, 6) is 2.58. The third-order valence-electron chi connectivity index (χ3n) is 5.72. The van der Waals surface area contributed by atoms with Gasteiger partial charge in [-0.2, -0.15) is 15.3 Å². The Kier molecular flexibility index (Phi) is 5.30. The molecule has 8 nitrogen and oxygen atoms in total. The van der Waals surface area contributed by atoms with Gasteiger partial charge in [0.25, 0.3) is 5.91 Å². The summed E-state index contributed by atoms with van der Waals surface area (Å²) in [5.41, 5.74) is 1.19. The topological polar surface area (TPSA) is 103 Å². The molecule has 1 saturated heterocycles. The maximum atomic E-state index is 12.8. The molecule has 3 heterocycles. The normalized spacial score (nSPS) is 17.8. The standard InChI is InChI=1S/C21H24N6O2/c1-2-3-8-21(25-26-21)9-10-22-19(28)15-6-11-27(12-7-15)20(29)16-4-5-18-17(13-16)14-23-24-18/h1,4-5,13-15H,3,6-12H2,(H,22,28)(H,23,24). The third kappa shape index (κ3) is 4.29. The molecule has 2 aromatic rings. The van der Waals surface area contributed by atoms with Gasteiger partial charge in [0, 0.05) is 55.8 Å². The summed E-state index contributed by atoms with van der Waals surface area (Å²) in [4.78, 5) is 27.1. The van der Waals surface area contributed by atoms with Crippen molar-refractivity contribution in [3.05, 3.63) is 30.0 Å². The van der Waals surface area contributed by atoms with E-state index in [1.54, 1.807) is 6.20 Å². The molecule has 0 bridgehead atoms. The number of piperidine rings is 1. The molecule has 0 radical (unpaired) electrons. The van der Waals surface area contributed by atoms with Gasteiger partial charge >= 0.3 is 0 Å². The number of nitrogens with zero attached hydrogens (tertiary/aromatic N) is 4. The van der Waals surface area contributed by atoms with Gasteiger partial charge in [0.15, 0.2) is 5.66 Å². The van der Waals surface area contributed by atoms with E-state index in [9.17, 15) is 9.59 Å². The first-order valence-electron chi connectivity index (χ1n) is 9.98. The Labute approximate surface area is 169 Å². The number of rotatable bonds is 7. The monoisotopic (exact) mass is 392 g/mol. The number of aromatic nitrogens is 2. The van der Waals surface area contributed by atoms with Crippen LogP contribution in [0.1, 0.15) is 42.5 Å². The second kappa shape index (κ2) is 8.03. The Morgan fingerprint density at radius 3 is 2.79 bits per heavy atom. The summed E-state index contributed by atoms with van der Waals surface area (Å²) in [6.45, 7) is 1.70. The quantitative estimate of drug-likeness (QED) is 0.708. The van der Waals surface area contributed by atoms with Crippen LogP contribution in [0.25, 0.3) is 10.9 Å². The fraction of sp³-hybridized carbons (Fsp3) is 0.476. The van der Waals surface area contributed by atoms with Gasteiger partial charge < -0.3 is 10.2 Å². The predicted octanol–water partition coefficient (Wildman–Crippen LogP) is 2.50. The van der Waals surface area contributed by atoms with E-state index in [4.69, 9.17) is 6.42 Å². The molecule has 29 heavy (non-hydrogen) atoms. The van der Waals surface area contributed by atoms with Gasteiger partial charge in [0.05, 0.1) is 11.7 Å². The highest BCUT2D eigenvalue weighted by Gasteiger charge is 2.39. The van der Waals surface area contributed by atoms with Crippen molar-refractivity contribution in [3.8, 4) is 12.3 Å². The van der Waals surface area contributed by atoms with Crippen LogP contribution in [-0.2, 0) is 4.79 Å². The molecule has 0 unspecified atom stereocenters. The zero-order valence-corrected chi connectivity index (χ0v) is 16.2. The van der Waals surface area contributed by atoms with E-state index in [-0.39, 0.29) is 23.4 Å². The molecule has 2 aliphatic rings. The molecule has 0 spiro atoms. The predicted molar refractivity (Wildman–Crippen MR) is 108 cm³/mol. The lowest BCUT2D eigenvalue weighted by Crippen LogP contribution is -2.43. The summed E-state index contributed by atoms with van der Waals surface area (Å²) in [6.07, 6.45) is 10.4. The Morgan fingerprint density at radius 1 is 1.28 bits per heavy atom. The average molecular weight is 392 g/mol. The highest BCUT2D eigenvalue weighted by atomic mass is 16.2. The van der Waals surface area contributed by atoms with E-state index in [0.29, 0.717) is 50.9 Å². The number of hydrogen-bond donors (Lipinski definition) is 2. The molecule has 0 aliphatic carbocycles. The van der Waals surface area contributed by atoms with Crippen LogP contribution >= 0.6 is 0 Å². The van der Waals surface area contributed by atoms with E-state index < -0.39 is 0 Å². The van der Waals surface area contributed by atoms with Crippen LogP contribution in [0.5, 0.6) is 0 Å². The molecular weight excluding hydrogens is 368 g/mol. The minimum atomic E-state index is -0.370. The highest BCUT2D eigenvalue weighted by molar-refractivity contribution is 5.98. The second-order valence-corrected chi connectivity index (χ2v) is 7.67. The number of hydrogen-bond acceptors (Lipinski definition) is 5. The first-order chi connectivity index (χ1) is 14.1. The van der Waals surface area contributed by atoms with Crippen molar-refractivity contribution in [1.82, 2.24) is 20.4 Å². The first-order valence-corrected chi connectivity index (χ1v) is 9.98. The molecule has 1 aromatic heterocycles. The molecule has 150 valence electrons. The Bertz CT molecular complexity index is 974. The largest absolute Gasteiger partial charge is 0.356 e.